The van der Waals surface area contributed by atoms with Crippen molar-refractivity contribution in [3.8, 4) is 5.75 Å². The average molecular weight is 489 g/mol. The molecule has 178 valence electrons. The molecule has 0 bridgehead atoms. The van der Waals surface area contributed by atoms with E-state index in [1.54, 1.807) is 19.2 Å². The number of ether oxygens (including phenoxy) is 1. The molecule has 8 nitrogen and oxygen atoms in total. The molecule has 4 rings (SSSR count). The van der Waals surface area contributed by atoms with Gasteiger partial charge < -0.3 is 26.0 Å². The molecule has 1 amide bonds. The van der Waals surface area contributed by atoms with Crippen molar-refractivity contribution in [1.29, 1.82) is 0 Å². The first-order valence-corrected chi connectivity index (χ1v) is 11.3. The molecule has 0 saturated heterocycles. The highest BCUT2D eigenvalue weighted by Crippen LogP contribution is 2.40. The Kier molecular flexibility index (Phi) is 7.32. The first kappa shape index (κ1) is 23.8. The largest absolute Gasteiger partial charge is 0.494 e. The fourth-order valence-corrected chi connectivity index (χ4v) is 3.69. The summed E-state index contributed by atoms with van der Waals surface area (Å²) in [4.78, 5) is 20.8. The van der Waals surface area contributed by atoms with E-state index in [4.69, 9.17) is 16.3 Å². The number of halogens is 1. The molecule has 0 aliphatic carbocycles. The van der Waals surface area contributed by atoms with Gasteiger partial charge in [-0.2, -0.15) is 4.98 Å². The van der Waals surface area contributed by atoms with E-state index >= 15 is 0 Å². The van der Waals surface area contributed by atoms with Crippen molar-refractivity contribution in [2.45, 2.75) is 6.92 Å². The molecule has 1 aromatic heterocycles. The number of hydrogen-bond acceptors (Lipinski definition) is 7. The molecule has 0 saturated carbocycles. The Bertz CT molecular complexity index is 1390. The van der Waals surface area contributed by atoms with Crippen molar-refractivity contribution in [2.75, 3.05) is 34.9 Å². The Morgan fingerprint density at radius 1 is 1.09 bits per heavy atom. The Morgan fingerprint density at radius 2 is 1.89 bits per heavy atom. The first-order chi connectivity index (χ1) is 17.0. The zero-order valence-electron chi connectivity index (χ0n) is 19.4. The molecule has 0 unspecified atom stereocenters. The molecule has 1 heterocycles. The van der Waals surface area contributed by atoms with Gasteiger partial charge in [0, 0.05) is 12.2 Å². The smallest absolute Gasteiger partial charge is 0.247 e. The minimum absolute atomic E-state index is 0.294. The van der Waals surface area contributed by atoms with Gasteiger partial charge in [-0.3, -0.25) is 4.79 Å². The van der Waals surface area contributed by atoms with Gasteiger partial charge in [-0.1, -0.05) is 48.5 Å². The summed E-state index contributed by atoms with van der Waals surface area (Å²) in [6.45, 7) is 6.07. The number of amides is 1. The maximum atomic E-state index is 11.9. The second-order valence-corrected chi connectivity index (χ2v) is 7.90. The first-order valence-electron chi connectivity index (χ1n) is 11.0. The molecule has 4 aromatic rings. The van der Waals surface area contributed by atoms with Gasteiger partial charge in [0.15, 0.2) is 5.82 Å². The van der Waals surface area contributed by atoms with E-state index in [-0.39, 0.29) is 5.91 Å². The molecule has 0 radical (unpaired) electrons. The highest BCUT2D eigenvalue weighted by Gasteiger charge is 2.17. The normalized spacial score (nSPS) is 10.5. The number of rotatable bonds is 9. The molecule has 4 N–H and O–H groups in total. The molecular formula is C26H25ClN6O2. The minimum atomic E-state index is -0.329. The van der Waals surface area contributed by atoms with E-state index in [9.17, 15) is 4.79 Å². The molecule has 0 aliphatic rings. The Morgan fingerprint density at radius 3 is 2.63 bits per heavy atom. The number of methoxy groups -OCH3 is 1. The lowest BCUT2D eigenvalue weighted by atomic mass is 10.1. The van der Waals surface area contributed by atoms with Crippen LogP contribution < -0.4 is 26.0 Å². The van der Waals surface area contributed by atoms with Crippen molar-refractivity contribution in [3.05, 3.63) is 78.5 Å². The van der Waals surface area contributed by atoms with Gasteiger partial charge in [-0.05, 0) is 48.0 Å². The van der Waals surface area contributed by atoms with Crippen molar-refractivity contribution in [3.63, 3.8) is 0 Å². The van der Waals surface area contributed by atoms with Gasteiger partial charge in [0.1, 0.15) is 16.5 Å². The second kappa shape index (κ2) is 10.8. The molecule has 0 spiro atoms. The monoisotopic (exact) mass is 488 g/mol. The van der Waals surface area contributed by atoms with Crippen molar-refractivity contribution in [1.82, 2.24) is 9.97 Å². The van der Waals surface area contributed by atoms with E-state index in [2.05, 4.69) is 43.9 Å². The Balaban J connectivity index is 1.68. The molecular weight excluding hydrogens is 464 g/mol. The van der Waals surface area contributed by atoms with Crippen LogP contribution in [0.15, 0.2) is 73.4 Å². The fourth-order valence-electron chi connectivity index (χ4n) is 3.56. The van der Waals surface area contributed by atoms with Crippen molar-refractivity contribution < 1.29 is 9.53 Å². The van der Waals surface area contributed by atoms with Crippen LogP contribution in [-0.2, 0) is 4.79 Å². The van der Waals surface area contributed by atoms with Crippen molar-refractivity contribution in [2.24, 2.45) is 0 Å². The lowest BCUT2D eigenvalue weighted by molar-refractivity contribution is -0.111. The zero-order valence-corrected chi connectivity index (χ0v) is 20.1. The number of carbonyl (C=O) groups excluding carboxylic acids is 1. The average Bonchev–Trinajstić information content (AvgIpc) is 2.87. The van der Waals surface area contributed by atoms with Gasteiger partial charge in [-0.25, -0.2) is 4.98 Å². The second-order valence-electron chi connectivity index (χ2n) is 7.49. The van der Waals surface area contributed by atoms with Crippen LogP contribution in [0.4, 0.5) is 34.5 Å². The molecule has 0 fully saturated rings. The quantitative estimate of drug-likeness (QED) is 0.204. The topological polar surface area (TPSA) is 100 Å². The van der Waals surface area contributed by atoms with Crippen LogP contribution in [0.1, 0.15) is 6.92 Å². The number of anilines is 6. The van der Waals surface area contributed by atoms with Gasteiger partial charge >= 0.3 is 0 Å². The molecule has 0 atom stereocenters. The number of nitrogens with one attached hydrogen (secondary N) is 4. The maximum Gasteiger partial charge on any atom is 0.247 e. The van der Waals surface area contributed by atoms with E-state index < -0.39 is 0 Å². The minimum Gasteiger partial charge on any atom is -0.494 e. The number of fused-ring (bicyclic) bond motifs is 1. The molecule has 0 aliphatic heterocycles. The summed E-state index contributed by atoms with van der Waals surface area (Å²) in [5.41, 5.74) is 2.60. The summed E-state index contributed by atoms with van der Waals surface area (Å²) < 4.78 is 5.55. The molecule has 35 heavy (non-hydrogen) atoms. The van der Waals surface area contributed by atoms with E-state index in [1.807, 2.05) is 43.3 Å². The third-order valence-corrected chi connectivity index (χ3v) is 5.45. The summed E-state index contributed by atoms with van der Waals surface area (Å²) in [7, 11) is 1.56. The number of aromatic nitrogens is 2. The number of hydrogen-bond donors (Lipinski definition) is 4. The number of benzene rings is 3. The van der Waals surface area contributed by atoms with Crippen molar-refractivity contribution >= 4 is 62.8 Å². The van der Waals surface area contributed by atoms with Gasteiger partial charge in [0.25, 0.3) is 0 Å². The number of nitrogens with zero attached hydrogens (tertiary/aromatic N) is 2. The number of carbonyl (C=O) groups is 1. The van der Waals surface area contributed by atoms with Crippen LogP contribution in [0, 0.1) is 0 Å². The standard InChI is InChI=1S/C26H25ClN6O2/c1-4-22(34)31-20-12-13-21(35-3)24(23(20)28-5-2)32-26-29-15-19(27)25(33-26)30-18-11-10-16-8-6-7-9-17(16)14-18/h4,6-15,28H,1,5H2,2-3H3,(H,31,34)(H2,29,30,32,33). The van der Waals surface area contributed by atoms with Gasteiger partial charge in [0.05, 0.1) is 24.7 Å². The van der Waals surface area contributed by atoms with Crippen LogP contribution in [0.25, 0.3) is 10.8 Å². The third kappa shape index (κ3) is 5.44. The summed E-state index contributed by atoms with van der Waals surface area (Å²) in [5.74, 6) is 0.951. The van der Waals surface area contributed by atoms with Gasteiger partial charge in [-0.15, -0.1) is 0 Å². The van der Waals surface area contributed by atoms with Crippen LogP contribution in [0.3, 0.4) is 0 Å². The summed E-state index contributed by atoms with van der Waals surface area (Å²) in [5, 5.41) is 15.1. The summed E-state index contributed by atoms with van der Waals surface area (Å²) in [6, 6.07) is 17.6. The maximum absolute atomic E-state index is 11.9. The lowest BCUT2D eigenvalue weighted by Crippen LogP contribution is -2.13. The van der Waals surface area contributed by atoms with Crippen LogP contribution >= 0.6 is 11.6 Å². The summed E-state index contributed by atoms with van der Waals surface area (Å²) in [6.07, 6.45) is 2.73. The molecule has 3 aromatic carbocycles. The van der Waals surface area contributed by atoms with Crippen LogP contribution in [0.5, 0.6) is 5.75 Å². The highest BCUT2D eigenvalue weighted by atomic mass is 35.5. The van der Waals surface area contributed by atoms with Crippen LogP contribution in [0.2, 0.25) is 5.02 Å². The Labute approximate surface area is 208 Å². The fraction of sp³-hybridized carbons (Fsp3) is 0.115. The lowest BCUT2D eigenvalue weighted by Gasteiger charge is -2.20. The van der Waals surface area contributed by atoms with E-state index in [0.29, 0.717) is 46.1 Å². The van der Waals surface area contributed by atoms with E-state index in [1.165, 1.54) is 12.3 Å². The predicted octanol–water partition coefficient (Wildman–Crippen LogP) is 6.34. The third-order valence-electron chi connectivity index (χ3n) is 5.18. The summed E-state index contributed by atoms with van der Waals surface area (Å²) >= 11 is 6.40. The predicted molar refractivity (Wildman–Crippen MR) is 144 cm³/mol. The van der Waals surface area contributed by atoms with Crippen LogP contribution in [-0.4, -0.2) is 29.5 Å². The van der Waals surface area contributed by atoms with Gasteiger partial charge in [0.2, 0.25) is 11.9 Å². The zero-order chi connectivity index (χ0) is 24.8. The molecule has 9 heteroatoms. The highest BCUT2D eigenvalue weighted by molar-refractivity contribution is 6.33. The Hall–Kier alpha value is -4.30. The SMILES string of the molecule is C=CC(=O)Nc1ccc(OC)c(Nc2ncc(Cl)c(Nc3ccc4ccccc4c3)n2)c1NCC. The van der Waals surface area contributed by atoms with E-state index in [0.717, 1.165) is 16.5 Å².